The van der Waals surface area contributed by atoms with Gasteiger partial charge in [0.15, 0.2) is 30.9 Å². The van der Waals surface area contributed by atoms with Crippen LogP contribution in [0.5, 0.6) is 0 Å². The number of hydrogen-bond donors (Lipinski definition) is 14. The third-order valence-corrected chi connectivity index (χ3v) is 19.5. The van der Waals surface area contributed by atoms with Crippen molar-refractivity contribution in [2.75, 3.05) is 26.4 Å². The highest BCUT2D eigenvalue weighted by molar-refractivity contribution is 5.26. The first-order chi connectivity index (χ1) is 35.0. The summed E-state index contributed by atoms with van der Waals surface area (Å²) in [6.45, 7) is 8.33. The number of allylic oxidation sites excluding steroid dienone is 1. The molecular formula is C51H84O23. The molecule has 426 valence electrons. The summed E-state index contributed by atoms with van der Waals surface area (Å²) in [6.07, 6.45) is -22.5. The molecule has 0 aromatic heterocycles. The third kappa shape index (κ3) is 10.2. The number of rotatable bonds is 15. The Morgan fingerprint density at radius 2 is 1.20 bits per heavy atom. The lowest BCUT2D eigenvalue weighted by Crippen LogP contribution is -2.67. The van der Waals surface area contributed by atoms with Crippen LogP contribution in [-0.4, -0.2) is 239 Å². The van der Waals surface area contributed by atoms with Crippen LogP contribution in [0.3, 0.4) is 0 Å². The maximum Gasteiger partial charge on any atom is 0.187 e. The van der Waals surface area contributed by atoms with Gasteiger partial charge in [-0.15, -0.1) is 0 Å². The van der Waals surface area contributed by atoms with E-state index in [2.05, 4.69) is 26.8 Å². The Bertz CT molecular complexity index is 1920. The Morgan fingerprint density at radius 1 is 0.635 bits per heavy atom. The van der Waals surface area contributed by atoms with E-state index in [1.807, 2.05) is 6.92 Å². The van der Waals surface area contributed by atoms with Crippen molar-refractivity contribution in [3.63, 3.8) is 0 Å². The highest BCUT2D eigenvalue weighted by atomic mass is 16.8. The van der Waals surface area contributed by atoms with Crippen molar-refractivity contribution in [3.05, 3.63) is 11.6 Å². The normalized spacial score (nSPS) is 54.9. The average molecular weight is 1070 g/mol. The molecule has 74 heavy (non-hydrogen) atoms. The van der Waals surface area contributed by atoms with E-state index in [1.54, 1.807) is 0 Å². The van der Waals surface area contributed by atoms with Crippen LogP contribution in [0.2, 0.25) is 0 Å². The monoisotopic (exact) mass is 1060 g/mol. The molecule has 5 heterocycles. The maximum absolute atomic E-state index is 12.1. The Labute approximate surface area is 430 Å². The van der Waals surface area contributed by atoms with Crippen LogP contribution in [0, 0.1) is 46.3 Å². The molecule has 3 saturated carbocycles. The molecule has 0 unspecified atom stereocenters. The van der Waals surface area contributed by atoms with E-state index >= 15 is 0 Å². The molecule has 23 nitrogen and oxygen atoms in total. The zero-order chi connectivity index (χ0) is 53.5. The largest absolute Gasteiger partial charge is 0.394 e. The van der Waals surface area contributed by atoms with Crippen molar-refractivity contribution in [3.8, 4) is 0 Å². The van der Waals surface area contributed by atoms with Crippen molar-refractivity contribution in [2.24, 2.45) is 46.3 Å². The van der Waals surface area contributed by atoms with E-state index in [4.69, 9.17) is 42.6 Å². The lowest BCUT2D eigenvalue weighted by atomic mass is 9.47. The van der Waals surface area contributed by atoms with Crippen molar-refractivity contribution in [1.29, 1.82) is 0 Å². The van der Waals surface area contributed by atoms with Gasteiger partial charge in [-0.3, -0.25) is 0 Å². The summed E-state index contributed by atoms with van der Waals surface area (Å²) >= 11 is 0. The SMILES string of the molecule is C[C@H](CC[C@]1(O)O[C@H]2C[C@H]3[C@@H]4CC=C5C[C@H](O[C@H]6O[C@@H](CO)[C@H](O)[C@@H](O[C@H]7O[C@@H](CO)[C@H](O)[C@@H](O)[C@@H]7O)[C@@H]6O[C@H]6O[C@@H](C)[C@H](O)[C@@H](O)[C@@H]6O)CC[C@@]5(C)[C@H]4CC[C@@]3(C)[C@H]2[C@@H]1C)CO[C@H]1O[C@@H](CO)[C@H](O)[C@@H](O)[C@@H]1O. The van der Waals surface area contributed by atoms with Crippen LogP contribution in [-0.2, 0) is 42.6 Å². The Hall–Kier alpha value is -1.18. The summed E-state index contributed by atoms with van der Waals surface area (Å²) in [5.74, 6) is -0.351. The van der Waals surface area contributed by atoms with Gasteiger partial charge in [0.05, 0.1) is 44.7 Å². The van der Waals surface area contributed by atoms with E-state index in [-0.39, 0.29) is 41.3 Å². The molecule has 0 radical (unpaired) electrons. The molecule has 9 aliphatic rings. The molecule has 31 atom stereocenters. The van der Waals surface area contributed by atoms with Crippen LogP contribution in [0.1, 0.15) is 92.4 Å². The summed E-state index contributed by atoms with van der Waals surface area (Å²) in [6, 6.07) is 0. The fourth-order valence-electron chi connectivity index (χ4n) is 15.0. The summed E-state index contributed by atoms with van der Waals surface area (Å²) < 4.78 is 54.7. The molecule has 8 fully saturated rings. The Balaban J connectivity index is 0.864. The number of aliphatic hydroxyl groups is 14. The zero-order valence-corrected chi connectivity index (χ0v) is 42.9. The van der Waals surface area contributed by atoms with Gasteiger partial charge in [-0.05, 0) is 98.7 Å². The number of fused-ring (bicyclic) bond motifs is 7. The van der Waals surface area contributed by atoms with E-state index in [1.165, 1.54) is 12.5 Å². The minimum absolute atomic E-state index is 0.0769. The molecule has 0 aromatic rings. The van der Waals surface area contributed by atoms with Crippen molar-refractivity contribution < 1.29 is 114 Å². The van der Waals surface area contributed by atoms with Gasteiger partial charge < -0.3 is 114 Å². The minimum atomic E-state index is -1.88. The predicted octanol–water partition coefficient (Wildman–Crippen LogP) is -3.01. The Kier molecular flexibility index (Phi) is 17.4. The Morgan fingerprint density at radius 3 is 1.85 bits per heavy atom. The van der Waals surface area contributed by atoms with Crippen LogP contribution >= 0.6 is 0 Å². The smallest absolute Gasteiger partial charge is 0.187 e. The highest BCUT2D eigenvalue weighted by Gasteiger charge is 2.68. The summed E-state index contributed by atoms with van der Waals surface area (Å²) in [5.41, 5.74) is 0.989. The second-order valence-electron chi connectivity index (χ2n) is 23.8. The van der Waals surface area contributed by atoms with Crippen LogP contribution in [0.25, 0.3) is 0 Å². The lowest BCUT2D eigenvalue weighted by Gasteiger charge is -2.58. The molecule has 14 N–H and O–H groups in total. The van der Waals surface area contributed by atoms with Gasteiger partial charge in [-0.1, -0.05) is 39.3 Å². The standard InChI is InChI=1S/C51H84O23/c1-20(19-66-45-40(62)38(60)34(56)29(16-52)69-45)8-13-51(65)21(2)32-28(74-51)15-27-25-7-6-23-14-24(9-11-49(23,4)26(25)10-12-50(27,32)5)68-48-44(73-46-41(63)37(59)33(55)22(3)67-46)43(36(58)31(18-54)71-48)72-47-42(64)39(61)35(57)30(17-53)70-47/h6,20-22,24-48,52-65H,7-19H2,1-5H3/t20-,21+,22+,24-,25-,26+,27+,28+,29+,30+,31+,32+,33+,34+,35+,36+,37-,38-,39-,40+,41+,42+,43-,44+,45+,46-,47-,48+,49-,50-,51+/m1/s1. The second-order valence-corrected chi connectivity index (χ2v) is 23.8. The number of aliphatic hydroxyl groups excluding tert-OH is 13. The van der Waals surface area contributed by atoms with Crippen molar-refractivity contribution in [1.82, 2.24) is 0 Å². The average Bonchev–Trinajstić information content (AvgIpc) is 3.82. The fraction of sp³-hybridized carbons (Fsp3) is 0.961. The molecule has 9 rings (SSSR count). The maximum atomic E-state index is 12.1. The summed E-state index contributed by atoms with van der Waals surface area (Å²) in [4.78, 5) is 0. The molecule has 5 aliphatic heterocycles. The quantitative estimate of drug-likeness (QED) is 0.0727. The topological polar surface area (TPSA) is 366 Å². The van der Waals surface area contributed by atoms with Gasteiger partial charge in [-0.2, -0.15) is 0 Å². The van der Waals surface area contributed by atoms with Gasteiger partial charge in [0.25, 0.3) is 0 Å². The summed E-state index contributed by atoms with van der Waals surface area (Å²) in [7, 11) is 0. The predicted molar refractivity (Wildman–Crippen MR) is 250 cm³/mol. The first kappa shape index (κ1) is 57.5. The first-order valence-electron chi connectivity index (χ1n) is 26.9. The molecule has 0 bridgehead atoms. The van der Waals surface area contributed by atoms with E-state index in [9.17, 15) is 71.5 Å². The van der Waals surface area contributed by atoms with Gasteiger partial charge >= 0.3 is 0 Å². The molecule has 5 saturated heterocycles. The first-order valence-corrected chi connectivity index (χ1v) is 26.9. The molecular weight excluding hydrogens is 981 g/mol. The summed E-state index contributed by atoms with van der Waals surface area (Å²) in [5, 5.41) is 149. The third-order valence-electron chi connectivity index (χ3n) is 19.5. The lowest BCUT2D eigenvalue weighted by molar-refractivity contribution is -0.394. The van der Waals surface area contributed by atoms with Crippen LogP contribution < -0.4 is 0 Å². The van der Waals surface area contributed by atoms with Crippen LogP contribution in [0.4, 0.5) is 0 Å². The van der Waals surface area contributed by atoms with E-state index in [0.29, 0.717) is 43.4 Å². The van der Waals surface area contributed by atoms with Gasteiger partial charge in [0.2, 0.25) is 0 Å². The van der Waals surface area contributed by atoms with Gasteiger partial charge in [0.1, 0.15) is 91.6 Å². The van der Waals surface area contributed by atoms with E-state index < -0.39 is 155 Å². The second kappa shape index (κ2) is 22.4. The molecule has 0 amide bonds. The molecule has 4 aliphatic carbocycles. The molecule has 0 aromatic carbocycles. The van der Waals surface area contributed by atoms with Crippen molar-refractivity contribution >= 4 is 0 Å². The fourth-order valence-corrected chi connectivity index (χ4v) is 15.0. The number of ether oxygens (including phenoxy) is 9. The van der Waals surface area contributed by atoms with Gasteiger partial charge in [0, 0.05) is 12.3 Å². The number of hydrogen-bond acceptors (Lipinski definition) is 23. The zero-order valence-electron chi connectivity index (χ0n) is 42.9. The van der Waals surface area contributed by atoms with Crippen molar-refractivity contribution in [2.45, 2.75) is 233 Å². The highest BCUT2D eigenvalue weighted by Crippen LogP contribution is 2.70. The van der Waals surface area contributed by atoms with E-state index in [0.717, 1.165) is 32.1 Å². The molecule has 0 spiro atoms. The van der Waals surface area contributed by atoms with Crippen LogP contribution in [0.15, 0.2) is 11.6 Å². The minimum Gasteiger partial charge on any atom is -0.394 e. The van der Waals surface area contributed by atoms with Gasteiger partial charge in [-0.25, -0.2) is 0 Å². The molecule has 23 heteroatoms.